The molecule has 0 spiro atoms. The van der Waals surface area contributed by atoms with E-state index in [1.807, 2.05) is 24.3 Å². The molecule has 1 heterocycles. The van der Waals surface area contributed by atoms with Crippen LogP contribution in [0.1, 0.15) is 5.56 Å². The van der Waals surface area contributed by atoms with Gasteiger partial charge in [0.1, 0.15) is 0 Å². The third-order valence-corrected chi connectivity index (χ3v) is 4.72. The van der Waals surface area contributed by atoms with Gasteiger partial charge in [0.2, 0.25) is 5.91 Å². The van der Waals surface area contributed by atoms with Gasteiger partial charge in [0.15, 0.2) is 16.6 Å². The molecule has 128 valence electrons. The molecular formula is C18H15ClN2O3S. The maximum atomic E-state index is 12.1. The second-order valence-electron chi connectivity index (χ2n) is 5.04. The number of fused-ring (bicyclic) bond motifs is 1. The van der Waals surface area contributed by atoms with Crippen LogP contribution in [0.2, 0.25) is 5.02 Å². The quantitative estimate of drug-likeness (QED) is 0.662. The van der Waals surface area contributed by atoms with Crippen LogP contribution < -0.4 is 14.8 Å². The molecule has 1 amide bonds. The molecule has 0 saturated heterocycles. The first-order valence-electron chi connectivity index (χ1n) is 7.37. The summed E-state index contributed by atoms with van der Waals surface area (Å²) in [5, 5.41) is 3.84. The molecule has 2 aromatic carbocycles. The number of nitrogens with zero attached hydrogens (tertiary/aromatic N) is 1. The number of amides is 1. The zero-order chi connectivity index (χ0) is 17.8. The largest absolute Gasteiger partial charge is 0.493 e. The van der Waals surface area contributed by atoms with E-state index in [2.05, 4.69) is 10.3 Å². The Balaban J connectivity index is 1.78. The Morgan fingerprint density at radius 3 is 2.64 bits per heavy atom. The zero-order valence-corrected chi connectivity index (χ0v) is 15.1. The number of carbonyl (C=O) groups is 1. The van der Waals surface area contributed by atoms with Gasteiger partial charge in [0.05, 0.1) is 24.4 Å². The van der Waals surface area contributed by atoms with Crippen LogP contribution >= 0.6 is 22.9 Å². The highest BCUT2D eigenvalue weighted by atomic mass is 35.5. The fraction of sp³-hybridized carbons (Fsp3) is 0.111. The molecule has 7 heteroatoms. The number of carbonyl (C=O) groups excluding carboxylic acids is 1. The van der Waals surface area contributed by atoms with Gasteiger partial charge < -0.3 is 9.47 Å². The number of rotatable bonds is 5. The first-order valence-corrected chi connectivity index (χ1v) is 8.56. The van der Waals surface area contributed by atoms with Crippen molar-refractivity contribution in [1.82, 2.24) is 4.98 Å². The van der Waals surface area contributed by atoms with E-state index in [1.165, 1.54) is 17.4 Å². The molecule has 3 rings (SSSR count). The van der Waals surface area contributed by atoms with Gasteiger partial charge in [-0.15, -0.1) is 0 Å². The molecule has 0 unspecified atom stereocenters. The molecule has 0 radical (unpaired) electrons. The third kappa shape index (κ3) is 3.92. The molecule has 0 bridgehead atoms. The Morgan fingerprint density at radius 1 is 1.20 bits per heavy atom. The molecule has 5 nitrogen and oxygen atoms in total. The van der Waals surface area contributed by atoms with Crippen LogP contribution in [0.3, 0.4) is 0 Å². The van der Waals surface area contributed by atoms with Crippen LogP contribution in [-0.2, 0) is 4.79 Å². The van der Waals surface area contributed by atoms with Crippen molar-refractivity contribution in [1.29, 1.82) is 0 Å². The van der Waals surface area contributed by atoms with Gasteiger partial charge in [-0.25, -0.2) is 4.98 Å². The van der Waals surface area contributed by atoms with Crippen molar-refractivity contribution in [2.45, 2.75) is 0 Å². The van der Waals surface area contributed by atoms with Crippen molar-refractivity contribution in [3.63, 3.8) is 0 Å². The van der Waals surface area contributed by atoms with Crippen LogP contribution in [0, 0.1) is 0 Å². The summed E-state index contributed by atoms with van der Waals surface area (Å²) in [6.07, 6.45) is 3.09. The van der Waals surface area contributed by atoms with E-state index in [0.717, 1.165) is 15.8 Å². The lowest BCUT2D eigenvalue weighted by molar-refractivity contribution is -0.111. The molecule has 1 N–H and O–H groups in total. The van der Waals surface area contributed by atoms with Crippen molar-refractivity contribution in [3.05, 3.63) is 53.1 Å². The molecule has 0 saturated carbocycles. The molecule has 3 aromatic rings. The van der Waals surface area contributed by atoms with Gasteiger partial charge in [-0.1, -0.05) is 41.1 Å². The molecule has 0 fully saturated rings. The number of halogens is 1. The normalized spacial score (nSPS) is 11.0. The smallest absolute Gasteiger partial charge is 0.250 e. The number of thiazole rings is 1. The van der Waals surface area contributed by atoms with E-state index in [0.29, 0.717) is 21.7 Å². The Kier molecular flexibility index (Phi) is 5.21. The highest BCUT2D eigenvalue weighted by Crippen LogP contribution is 2.36. The van der Waals surface area contributed by atoms with Crippen LogP contribution in [-0.4, -0.2) is 25.1 Å². The predicted molar refractivity (Wildman–Crippen MR) is 102 cm³/mol. The number of hydrogen-bond acceptors (Lipinski definition) is 5. The summed E-state index contributed by atoms with van der Waals surface area (Å²) in [6.45, 7) is 0. The molecule has 1 aromatic heterocycles. The summed E-state index contributed by atoms with van der Waals surface area (Å²) in [5.74, 6) is 0.935. The van der Waals surface area contributed by atoms with Crippen molar-refractivity contribution in [2.24, 2.45) is 0 Å². The Bertz CT molecular complexity index is 912. The number of ether oxygens (including phenoxy) is 2. The minimum absolute atomic E-state index is 0.280. The number of benzene rings is 2. The molecule has 0 atom stereocenters. The average molecular weight is 375 g/mol. The number of hydrogen-bond donors (Lipinski definition) is 1. The van der Waals surface area contributed by atoms with Gasteiger partial charge in [-0.3, -0.25) is 10.1 Å². The van der Waals surface area contributed by atoms with Gasteiger partial charge in [-0.2, -0.15) is 0 Å². The molecule has 25 heavy (non-hydrogen) atoms. The van der Waals surface area contributed by atoms with Gasteiger partial charge in [0.25, 0.3) is 0 Å². The topological polar surface area (TPSA) is 60.5 Å². The summed E-state index contributed by atoms with van der Waals surface area (Å²) in [4.78, 5) is 16.5. The maximum Gasteiger partial charge on any atom is 0.250 e. The van der Waals surface area contributed by atoms with Crippen LogP contribution in [0.15, 0.2) is 42.5 Å². The van der Waals surface area contributed by atoms with Crippen molar-refractivity contribution in [2.75, 3.05) is 19.5 Å². The number of aromatic nitrogens is 1. The summed E-state index contributed by atoms with van der Waals surface area (Å²) < 4.78 is 11.4. The van der Waals surface area contributed by atoms with Crippen LogP contribution in [0.25, 0.3) is 16.3 Å². The van der Waals surface area contributed by atoms with Gasteiger partial charge in [0, 0.05) is 23.2 Å². The van der Waals surface area contributed by atoms with E-state index in [1.54, 1.807) is 32.4 Å². The average Bonchev–Trinajstić information content (AvgIpc) is 3.00. The number of nitrogens with one attached hydrogen (secondary N) is 1. The third-order valence-electron chi connectivity index (χ3n) is 3.44. The Labute approximate surface area is 153 Å². The van der Waals surface area contributed by atoms with E-state index < -0.39 is 0 Å². The molecule has 0 aliphatic heterocycles. The molecular weight excluding hydrogens is 360 g/mol. The molecule has 0 aliphatic rings. The van der Waals surface area contributed by atoms with Crippen molar-refractivity contribution in [3.8, 4) is 11.5 Å². The Morgan fingerprint density at radius 2 is 1.92 bits per heavy atom. The maximum absolute atomic E-state index is 12.1. The minimum Gasteiger partial charge on any atom is -0.493 e. The monoisotopic (exact) mass is 374 g/mol. The second kappa shape index (κ2) is 7.55. The minimum atomic E-state index is -0.280. The van der Waals surface area contributed by atoms with Crippen molar-refractivity contribution >= 4 is 50.3 Å². The predicted octanol–water partition coefficient (Wildman–Crippen LogP) is 4.62. The summed E-state index contributed by atoms with van der Waals surface area (Å²) >= 11 is 7.42. The fourth-order valence-electron chi connectivity index (χ4n) is 2.23. The lowest BCUT2D eigenvalue weighted by Gasteiger charge is -2.05. The SMILES string of the molecule is COc1cc2nc(NC(=O)/C=C/c3ccccc3Cl)sc2cc1OC. The number of anilines is 1. The van der Waals surface area contributed by atoms with E-state index in [9.17, 15) is 4.79 Å². The van der Waals surface area contributed by atoms with Crippen LogP contribution in [0.4, 0.5) is 5.13 Å². The van der Waals surface area contributed by atoms with Gasteiger partial charge >= 0.3 is 0 Å². The summed E-state index contributed by atoms with van der Waals surface area (Å²) in [6, 6.07) is 10.9. The lowest BCUT2D eigenvalue weighted by atomic mass is 10.2. The second-order valence-corrected chi connectivity index (χ2v) is 6.48. The van der Waals surface area contributed by atoms with E-state index >= 15 is 0 Å². The highest BCUT2D eigenvalue weighted by Gasteiger charge is 2.11. The fourth-order valence-corrected chi connectivity index (χ4v) is 3.31. The summed E-state index contributed by atoms with van der Waals surface area (Å²) in [7, 11) is 3.14. The number of methoxy groups -OCH3 is 2. The lowest BCUT2D eigenvalue weighted by Crippen LogP contribution is -2.07. The van der Waals surface area contributed by atoms with Gasteiger partial charge in [-0.05, 0) is 17.7 Å². The zero-order valence-electron chi connectivity index (χ0n) is 13.6. The van der Waals surface area contributed by atoms with Crippen molar-refractivity contribution < 1.29 is 14.3 Å². The standard InChI is InChI=1S/C18H15ClN2O3S/c1-23-14-9-13-16(10-15(14)24-2)25-18(20-13)21-17(22)8-7-11-5-3-4-6-12(11)19/h3-10H,1-2H3,(H,20,21,22)/b8-7+. The van der Waals surface area contributed by atoms with Crippen LogP contribution in [0.5, 0.6) is 11.5 Å². The highest BCUT2D eigenvalue weighted by molar-refractivity contribution is 7.22. The first-order chi connectivity index (χ1) is 12.1. The van der Waals surface area contributed by atoms with E-state index in [4.69, 9.17) is 21.1 Å². The van der Waals surface area contributed by atoms with E-state index in [-0.39, 0.29) is 5.91 Å². The molecule has 0 aliphatic carbocycles. The first kappa shape index (κ1) is 17.3. The Hall–Kier alpha value is -2.57. The summed E-state index contributed by atoms with van der Waals surface area (Å²) in [5.41, 5.74) is 1.51.